The van der Waals surface area contributed by atoms with Crippen molar-refractivity contribution in [3.05, 3.63) is 34.2 Å². The molecule has 0 aliphatic rings. The van der Waals surface area contributed by atoms with Gasteiger partial charge >= 0.3 is 0 Å². The standard InChI is InChI=1S/C20H35N5O2/c1-5-21-20(23-15-13-18(26)24(6-2)7-3)22-14-8-9-16-25-17(4)11-10-12-19(25)27/h10-12H,5-9,13-16H2,1-4H3,(H2,21,22,23). The smallest absolute Gasteiger partial charge is 0.250 e. The largest absolute Gasteiger partial charge is 0.357 e. The number of aromatic nitrogens is 1. The summed E-state index contributed by atoms with van der Waals surface area (Å²) in [6, 6.07) is 5.34. The zero-order valence-corrected chi connectivity index (χ0v) is 17.3. The summed E-state index contributed by atoms with van der Waals surface area (Å²) in [6.45, 7) is 12.2. The maximum atomic E-state index is 12.0. The van der Waals surface area contributed by atoms with Crippen LogP contribution >= 0.6 is 0 Å². The van der Waals surface area contributed by atoms with Crippen LogP contribution in [0.5, 0.6) is 0 Å². The molecule has 0 bridgehead atoms. The number of carbonyl (C=O) groups is 1. The lowest BCUT2D eigenvalue weighted by molar-refractivity contribution is -0.130. The molecule has 1 heterocycles. The van der Waals surface area contributed by atoms with E-state index in [0.717, 1.165) is 44.1 Å². The summed E-state index contributed by atoms with van der Waals surface area (Å²) in [5.74, 6) is 0.893. The first kappa shape index (κ1) is 22.7. The minimum absolute atomic E-state index is 0.0476. The molecule has 27 heavy (non-hydrogen) atoms. The molecule has 152 valence electrons. The second-order valence-electron chi connectivity index (χ2n) is 6.37. The zero-order chi connectivity index (χ0) is 20.1. The van der Waals surface area contributed by atoms with Gasteiger partial charge in [-0.3, -0.25) is 14.6 Å². The Balaban J connectivity index is 2.38. The highest BCUT2D eigenvalue weighted by Gasteiger charge is 2.09. The molecule has 0 aliphatic carbocycles. The number of hydrogen-bond acceptors (Lipinski definition) is 3. The number of carbonyl (C=O) groups excluding carboxylic acids is 1. The molecule has 0 radical (unpaired) electrons. The summed E-state index contributed by atoms with van der Waals surface area (Å²) < 4.78 is 1.80. The van der Waals surface area contributed by atoms with Crippen molar-refractivity contribution < 1.29 is 4.79 Å². The van der Waals surface area contributed by atoms with Crippen LogP contribution in [0.3, 0.4) is 0 Å². The van der Waals surface area contributed by atoms with Crippen LogP contribution in [-0.2, 0) is 11.3 Å². The summed E-state index contributed by atoms with van der Waals surface area (Å²) in [4.78, 5) is 30.3. The SMILES string of the molecule is CCNC(=NCCCCn1c(C)cccc1=O)NCCC(=O)N(CC)CC. The normalized spacial score (nSPS) is 11.3. The second kappa shape index (κ2) is 12.9. The Morgan fingerprint density at radius 3 is 2.52 bits per heavy atom. The molecule has 0 fully saturated rings. The van der Waals surface area contributed by atoms with E-state index in [1.54, 1.807) is 16.7 Å². The number of nitrogens with zero attached hydrogens (tertiary/aromatic N) is 3. The van der Waals surface area contributed by atoms with Gasteiger partial charge in [-0.05, 0) is 46.6 Å². The number of hydrogen-bond donors (Lipinski definition) is 2. The molecular weight excluding hydrogens is 342 g/mol. The quantitative estimate of drug-likeness (QED) is 0.350. The average molecular weight is 378 g/mol. The van der Waals surface area contributed by atoms with Crippen LogP contribution in [0, 0.1) is 6.92 Å². The van der Waals surface area contributed by atoms with Crippen molar-refractivity contribution in [1.29, 1.82) is 0 Å². The maximum absolute atomic E-state index is 12.0. The van der Waals surface area contributed by atoms with Gasteiger partial charge in [-0.1, -0.05) is 6.07 Å². The van der Waals surface area contributed by atoms with Gasteiger partial charge in [0.25, 0.3) is 5.56 Å². The van der Waals surface area contributed by atoms with E-state index >= 15 is 0 Å². The molecule has 0 aliphatic heterocycles. The monoisotopic (exact) mass is 377 g/mol. The fourth-order valence-corrected chi connectivity index (χ4v) is 2.85. The first-order valence-corrected chi connectivity index (χ1v) is 9.99. The molecule has 2 N–H and O–H groups in total. The fraction of sp³-hybridized carbons (Fsp3) is 0.650. The highest BCUT2D eigenvalue weighted by Crippen LogP contribution is 1.99. The van der Waals surface area contributed by atoms with Crippen LogP contribution in [0.4, 0.5) is 0 Å². The van der Waals surface area contributed by atoms with E-state index in [-0.39, 0.29) is 11.5 Å². The van der Waals surface area contributed by atoms with Crippen LogP contribution in [0.2, 0.25) is 0 Å². The lowest BCUT2D eigenvalue weighted by atomic mass is 10.3. The van der Waals surface area contributed by atoms with Crippen LogP contribution in [0.15, 0.2) is 28.0 Å². The number of rotatable bonds is 11. The summed E-state index contributed by atoms with van der Waals surface area (Å²) >= 11 is 0. The molecule has 0 aromatic carbocycles. The van der Waals surface area contributed by atoms with E-state index in [4.69, 9.17) is 0 Å². The van der Waals surface area contributed by atoms with E-state index in [1.165, 1.54) is 0 Å². The second-order valence-corrected chi connectivity index (χ2v) is 6.37. The molecule has 1 amide bonds. The highest BCUT2D eigenvalue weighted by molar-refractivity contribution is 5.81. The fourth-order valence-electron chi connectivity index (χ4n) is 2.85. The Morgan fingerprint density at radius 1 is 1.15 bits per heavy atom. The van der Waals surface area contributed by atoms with E-state index in [9.17, 15) is 9.59 Å². The maximum Gasteiger partial charge on any atom is 0.250 e. The summed E-state index contributed by atoms with van der Waals surface area (Å²) in [7, 11) is 0. The predicted octanol–water partition coefficient (Wildman–Crippen LogP) is 1.75. The first-order valence-electron chi connectivity index (χ1n) is 9.99. The topological polar surface area (TPSA) is 78.7 Å². The van der Waals surface area contributed by atoms with Gasteiger partial charge in [0, 0.05) is 57.4 Å². The molecule has 0 spiro atoms. The molecule has 7 nitrogen and oxygen atoms in total. The van der Waals surface area contributed by atoms with Crippen LogP contribution in [-0.4, -0.2) is 54.1 Å². The van der Waals surface area contributed by atoms with Crippen molar-refractivity contribution >= 4 is 11.9 Å². The van der Waals surface area contributed by atoms with Crippen LogP contribution in [0.25, 0.3) is 0 Å². The van der Waals surface area contributed by atoms with E-state index in [2.05, 4.69) is 15.6 Å². The van der Waals surface area contributed by atoms with Gasteiger partial charge in [0.2, 0.25) is 5.91 Å². The van der Waals surface area contributed by atoms with Crippen molar-refractivity contribution in [3.63, 3.8) is 0 Å². The van der Waals surface area contributed by atoms with E-state index in [0.29, 0.717) is 26.1 Å². The Morgan fingerprint density at radius 2 is 1.89 bits per heavy atom. The number of guanidine groups is 1. The van der Waals surface area contributed by atoms with Crippen LogP contribution < -0.4 is 16.2 Å². The molecule has 0 unspecified atom stereocenters. The van der Waals surface area contributed by atoms with Crippen molar-refractivity contribution in [2.75, 3.05) is 32.7 Å². The van der Waals surface area contributed by atoms with Crippen molar-refractivity contribution in [2.45, 2.75) is 53.5 Å². The minimum Gasteiger partial charge on any atom is -0.357 e. The summed E-state index contributed by atoms with van der Waals surface area (Å²) in [5.41, 5.74) is 1.03. The summed E-state index contributed by atoms with van der Waals surface area (Å²) in [5, 5.41) is 6.42. The van der Waals surface area contributed by atoms with Gasteiger partial charge in [-0.15, -0.1) is 0 Å². The van der Waals surface area contributed by atoms with Gasteiger partial charge in [-0.25, -0.2) is 0 Å². The number of unbranched alkanes of at least 4 members (excludes halogenated alkanes) is 1. The van der Waals surface area contributed by atoms with Gasteiger partial charge in [0.1, 0.15) is 0 Å². The Kier molecular flexibility index (Phi) is 10.9. The molecule has 0 saturated carbocycles. The lowest BCUT2D eigenvalue weighted by Gasteiger charge is -2.19. The predicted molar refractivity (Wildman–Crippen MR) is 111 cm³/mol. The minimum atomic E-state index is 0.0476. The third-order valence-electron chi connectivity index (χ3n) is 4.42. The first-order chi connectivity index (χ1) is 13.0. The molecule has 0 atom stereocenters. The summed E-state index contributed by atoms with van der Waals surface area (Å²) in [6.07, 6.45) is 2.26. The van der Waals surface area contributed by atoms with Gasteiger partial charge in [-0.2, -0.15) is 0 Å². The van der Waals surface area contributed by atoms with Crippen molar-refractivity contribution in [3.8, 4) is 0 Å². The van der Waals surface area contributed by atoms with Crippen molar-refractivity contribution in [1.82, 2.24) is 20.1 Å². The highest BCUT2D eigenvalue weighted by atomic mass is 16.2. The van der Waals surface area contributed by atoms with Gasteiger partial charge in [0.15, 0.2) is 5.96 Å². The van der Waals surface area contributed by atoms with Crippen LogP contribution in [0.1, 0.15) is 45.7 Å². The number of nitrogens with one attached hydrogen (secondary N) is 2. The molecule has 0 saturated heterocycles. The Labute approximate surface area is 162 Å². The third-order valence-corrected chi connectivity index (χ3v) is 4.42. The molecule has 1 rings (SSSR count). The number of aryl methyl sites for hydroxylation is 1. The van der Waals surface area contributed by atoms with Gasteiger partial charge < -0.3 is 20.1 Å². The van der Waals surface area contributed by atoms with E-state index in [1.807, 2.05) is 38.7 Å². The number of pyridine rings is 1. The zero-order valence-electron chi connectivity index (χ0n) is 17.3. The molecule has 1 aromatic heterocycles. The number of amides is 1. The van der Waals surface area contributed by atoms with Gasteiger partial charge in [0.05, 0.1) is 0 Å². The van der Waals surface area contributed by atoms with E-state index < -0.39 is 0 Å². The molecular formula is C20H35N5O2. The third kappa shape index (κ3) is 8.28. The lowest BCUT2D eigenvalue weighted by Crippen LogP contribution is -2.40. The Hall–Kier alpha value is -2.31. The number of aliphatic imine (C=N–C) groups is 1. The Bertz CT molecular complexity index is 650. The molecule has 1 aromatic rings. The van der Waals surface area contributed by atoms with Crippen molar-refractivity contribution in [2.24, 2.45) is 4.99 Å². The molecule has 7 heteroatoms. The average Bonchev–Trinajstić information content (AvgIpc) is 2.64.